The molecule has 1 aromatic carbocycles. The molecular formula is C20H17F2N5O2. The molecule has 3 heterocycles. The molecule has 2 aromatic heterocycles. The van der Waals surface area contributed by atoms with Crippen LogP contribution in [0.4, 0.5) is 14.5 Å². The molecule has 1 unspecified atom stereocenters. The van der Waals surface area contributed by atoms with Crippen LogP contribution < -0.4 is 10.6 Å². The van der Waals surface area contributed by atoms with Gasteiger partial charge in [0, 0.05) is 23.9 Å². The number of hydrogen-bond donors (Lipinski definition) is 2. The van der Waals surface area contributed by atoms with Crippen molar-refractivity contribution in [2.45, 2.75) is 25.5 Å². The fraction of sp³-hybridized carbons (Fsp3) is 0.250. The van der Waals surface area contributed by atoms with Gasteiger partial charge in [0.25, 0.3) is 11.8 Å². The summed E-state index contributed by atoms with van der Waals surface area (Å²) < 4.78 is 28.2. The minimum Gasteiger partial charge on any atom is -0.368 e. The number of aryl methyl sites for hydroxylation is 1. The Bertz CT molecular complexity index is 1160. The molecule has 1 aliphatic carbocycles. The lowest BCUT2D eigenvalue weighted by Gasteiger charge is -2.12. The average Bonchev–Trinajstić information content (AvgIpc) is 3.10. The van der Waals surface area contributed by atoms with E-state index >= 15 is 0 Å². The van der Waals surface area contributed by atoms with Crippen molar-refractivity contribution >= 4 is 23.1 Å². The fourth-order valence-electron chi connectivity index (χ4n) is 3.36. The first kappa shape index (κ1) is 17.6. The summed E-state index contributed by atoms with van der Waals surface area (Å²) in [5.74, 6) is -3.52. The van der Waals surface area contributed by atoms with Crippen molar-refractivity contribution in [1.82, 2.24) is 14.7 Å². The van der Waals surface area contributed by atoms with Gasteiger partial charge in [0.15, 0.2) is 5.84 Å². The summed E-state index contributed by atoms with van der Waals surface area (Å²) in [6.07, 6.45) is 2.24. The molecule has 1 aliphatic heterocycles. The van der Waals surface area contributed by atoms with Crippen LogP contribution in [-0.2, 0) is 4.84 Å². The molecule has 2 atom stereocenters. The van der Waals surface area contributed by atoms with Crippen LogP contribution >= 0.6 is 0 Å². The Kier molecular flexibility index (Phi) is 3.80. The van der Waals surface area contributed by atoms with Crippen molar-refractivity contribution in [2.75, 3.05) is 5.32 Å². The van der Waals surface area contributed by atoms with Gasteiger partial charge in [-0.05, 0) is 30.7 Å². The number of halogens is 2. The number of carbonyl (C=O) groups excluding carboxylic acids is 1. The minimum absolute atomic E-state index is 0.206. The Morgan fingerprint density at radius 1 is 1.34 bits per heavy atom. The number of imidazole rings is 1. The molecule has 1 saturated carbocycles. The Labute approximate surface area is 164 Å². The molecule has 1 amide bonds. The quantitative estimate of drug-likeness (QED) is 0.709. The van der Waals surface area contributed by atoms with Gasteiger partial charge >= 0.3 is 0 Å². The molecule has 5 rings (SSSR count). The van der Waals surface area contributed by atoms with Gasteiger partial charge in [-0.3, -0.25) is 9.20 Å². The molecule has 0 spiro atoms. The molecular weight excluding hydrogens is 380 g/mol. The van der Waals surface area contributed by atoms with Gasteiger partial charge in [0.05, 0.1) is 12.1 Å². The molecule has 148 valence electrons. The lowest BCUT2D eigenvalue weighted by Crippen LogP contribution is -2.33. The summed E-state index contributed by atoms with van der Waals surface area (Å²) in [5, 5.41) is 9.68. The Morgan fingerprint density at radius 2 is 2.17 bits per heavy atom. The first-order valence-corrected chi connectivity index (χ1v) is 9.15. The first-order valence-electron chi connectivity index (χ1n) is 9.15. The summed E-state index contributed by atoms with van der Waals surface area (Å²) in [5.41, 5.74) is 3.15. The van der Waals surface area contributed by atoms with E-state index < -0.39 is 18.1 Å². The number of rotatable bonds is 4. The van der Waals surface area contributed by atoms with Crippen LogP contribution in [0.15, 0.2) is 53.9 Å². The lowest BCUT2D eigenvalue weighted by molar-refractivity contribution is 0.00812. The molecule has 3 aromatic rings. The number of nitrogens with zero attached hydrogens (tertiary/aromatic N) is 3. The number of benzene rings is 1. The highest BCUT2D eigenvalue weighted by Crippen LogP contribution is 2.51. The molecule has 7 nitrogen and oxygen atoms in total. The number of carbonyl (C=O) groups is 1. The van der Waals surface area contributed by atoms with Gasteiger partial charge in [-0.1, -0.05) is 23.4 Å². The number of fused-ring (bicyclic) bond motifs is 1. The summed E-state index contributed by atoms with van der Waals surface area (Å²) in [7, 11) is 0. The van der Waals surface area contributed by atoms with Crippen LogP contribution in [0.2, 0.25) is 0 Å². The third-order valence-corrected chi connectivity index (χ3v) is 5.19. The summed E-state index contributed by atoms with van der Waals surface area (Å²) in [4.78, 5) is 22.1. The topological polar surface area (TPSA) is 80.0 Å². The SMILES string of the molecule is Cc1ccc(C2=NOC([C@@H]3CC3(F)F)N2)cc1NC(=O)c1cnc2ccccn12. The number of oxime groups is 1. The van der Waals surface area contributed by atoms with E-state index in [1.165, 1.54) is 6.20 Å². The van der Waals surface area contributed by atoms with Crippen LogP contribution in [0.3, 0.4) is 0 Å². The molecule has 0 saturated heterocycles. The molecule has 29 heavy (non-hydrogen) atoms. The first-order chi connectivity index (χ1) is 13.9. The number of anilines is 1. The van der Waals surface area contributed by atoms with Crippen LogP contribution in [0, 0.1) is 12.8 Å². The van der Waals surface area contributed by atoms with Crippen molar-refractivity contribution in [3.63, 3.8) is 0 Å². The standard InChI is InChI=1S/C20H17F2N5O2/c1-11-5-6-12(17-25-19(29-26-17)13-9-20(13,21)22)8-14(11)24-18(28)15-10-23-16-4-2-3-7-27(15)16/h2-8,10,13,19H,9H2,1H3,(H,24,28)(H,25,26)/t13-,19?/m0/s1. The Balaban J connectivity index is 1.36. The highest BCUT2D eigenvalue weighted by atomic mass is 19.3. The summed E-state index contributed by atoms with van der Waals surface area (Å²) in [6.45, 7) is 1.86. The van der Waals surface area contributed by atoms with Crippen LogP contribution in [0.5, 0.6) is 0 Å². The Hall–Kier alpha value is -3.49. The molecule has 0 radical (unpaired) electrons. The molecule has 2 N–H and O–H groups in total. The largest absolute Gasteiger partial charge is 0.368 e. The number of alkyl halides is 2. The maximum Gasteiger partial charge on any atom is 0.274 e. The van der Waals surface area contributed by atoms with Crippen molar-refractivity contribution in [1.29, 1.82) is 0 Å². The predicted octanol–water partition coefficient (Wildman–Crippen LogP) is 3.16. The molecule has 2 aliphatic rings. The maximum absolute atomic E-state index is 13.3. The zero-order valence-electron chi connectivity index (χ0n) is 15.4. The second kappa shape index (κ2) is 6.26. The number of hydrogen-bond acceptors (Lipinski definition) is 5. The third-order valence-electron chi connectivity index (χ3n) is 5.19. The van der Waals surface area contributed by atoms with E-state index in [0.717, 1.165) is 5.56 Å². The number of nitrogens with one attached hydrogen (secondary N) is 2. The van der Waals surface area contributed by atoms with Crippen LogP contribution in [-0.4, -0.2) is 33.3 Å². The normalized spacial score (nSPS) is 22.0. The van der Waals surface area contributed by atoms with Gasteiger partial charge in [0.1, 0.15) is 11.3 Å². The lowest BCUT2D eigenvalue weighted by atomic mass is 10.1. The maximum atomic E-state index is 13.3. The number of amides is 1. The van der Waals surface area contributed by atoms with Crippen molar-refractivity contribution in [2.24, 2.45) is 11.1 Å². The number of amidine groups is 1. The fourth-order valence-corrected chi connectivity index (χ4v) is 3.36. The van der Waals surface area contributed by atoms with Gasteiger partial charge in [0.2, 0.25) is 6.23 Å². The predicted molar refractivity (Wildman–Crippen MR) is 102 cm³/mol. The van der Waals surface area contributed by atoms with Crippen LogP contribution in [0.25, 0.3) is 5.65 Å². The molecule has 9 heteroatoms. The van der Waals surface area contributed by atoms with Gasteiger partial charge in [-0.2, -0.15) is 0 Å². The number of pyridine rings is 1. The Morgan fingerprint density at radius 3 is 2.97 bits per heavy atom. The minimum atomic E-state index is -2.71. The zero-order valence-corrected chi connectivity index (χ0v) is 15.4. The van der Waals surface area contributed by atoms with E-state index in [2.05, 4.69) is 20.8 Å². The second-order valence-corrected chi connectivity index (χ2v) is 7.24. The average molecular weight is 397 g/mol. The zero-order chi connectivity index (χ0) is 20.2. The van der Waals surface area contributed by atoms with Gasteiger partial charge in [-0.25, -0.2) is 13.8 Å². The monoisotopic (exact) mass is 397 g/mol. The van der Waals surface area contributed by atoms with Gasteiger partial charge in [-0.15, -0.1) is 0 Å². The summed E-state index contributed by atoms with van der Waals surface area (Å²) in [6, 6.07) is 10.8. The van der Waals surface area contributed by atoms with Crippen molar-refractivity contribution in [3.8, 4) is 0 Å². The van der Waals surface area contributed by atoms with E-state index in [1.807, 2.05) is 31.2 Å². The summed E-state index contributed by atoms with van der Waals surface area (Å²) >= 11 is 0. The highest BCUT2D eigenvalue weighted by Gasteiger charge is 2.63. The third kappa shape index (κ3) is 3.08. The van der Waals surface area contributed by atoms with Crippen molar-refractivity contribution < 1.29 is 18.4 Å². The van der Waals surface area contributed by atoms with Gasteiger partial charge < -0.3 is 15.5 Å². The molecule has 0 bridgehead atoms. The smallest absolute Gasteiger partial charge is 0.274 e. The van der Waals surface area contributed by atoms with Crippen molar-refractivity contribution in [3.05, 3.63) is 65.6 Å². The highest BCUT2D eigenvalue weighted by molar-refractivity contribution is 6.05. The van der Waals surface area contributed by atoms with Crippen LogP contribution in [0.1, 0.15) is 28.0 Å². The van der Waals surface area contributed by atoms with E-state index in [0.29, 0.717) is 28.4 Å². The van der Waals surface area contributed by atoms with E-state index in [9.17, 15) is 13.6 Å². The second-order valence-electron chi connectivity index (χ2n) is 7.24. The van der Waals surface area contributed by atoms with E-state index in [-0.39, 0.29) is 12.3 Å². The van der Waals surface area contributed by atoms with E-state index in [1.54, 1.807) is 22.7 Å². The number of aromatic nitrogens is 2. The molecule has 1 fully saturated rings. The van der Waals surface area contributed by atoms with E-state index in [4.69, 9.17) is 4.84 Å².